The van der Waals surface area contributed by atoms with E-state index in [-0.39, 0.29) is 5.38 Å². The highest BCUT2D eigenvalue weighted by molar-refractivity contribution is 6.21. The molecule has 2 heteroatoms. The molecular formula is C19H32ClN. The molecule has 0 aliphatic heterocycles. The van der Waals surface area contributed by atoms with Gasteiger partial charge >= 0.3 is 0 Å². The molecule has 0 bridgehead atoms. The predicted molar refractivity (Wildman–Crippen MR) is 95.1 cm³/mol. The minimum absolute atomic E-state index is 0.0845. The van der Waals surface area contributed by atoms with Crippen molar-refractivity contribution < 1.29 is 0 Å². The van der Waals surface area contributed by atoms with Crippen molar-refractivity contribution >= 4 is 11.6 Å². The molecule has 0 saturated carbocycles. The zero-order valence-electron chi connectivity index (χ0n) is 14.0. The van der Waals surface area contributed by atoms with Gasteiger partial charge in [-0.2, -0.15) is 0 Å². The summed E-state index contributed by atoms with van der Waals surface area (Å²) in [5.41, 5.74) is 1.24. The van der Waals surface area contributed by atoms with E-state index >= 15 is 0 Å². The summed E-state index contributed by atoms with van der Waals surface area (Å²) < 4.78 is 0. The number of hydrogen-bond acceptors (Lipinski definition) is 1. The van der Waals surface area contributed by atoms with Crippen LogP contribution in [-0.2, 0) is 0 Å². The Morgan fingerprint density at radius 1 is 0.905 bits per heavy atom. The molecule has 0 aromatic heterocycles. The molecule has 1 nitrogen and oxygen atoms in total. The Hall–Kier alpha value is -0.530. The summed E-state index contributed by atoms with van der Waals surface area (Å²) in [7, 11) is 4.29. The van der Waals surface area contributed by atoms with Gasteiger partial charge in [0, 0.05) is 6.04 Å². The van der Waals surface area contributed by atoms with Crippen LogP contribution in [0.5, 0.6) is 0 Å². The fourth-order valence-electron chi connectivity index (χ4n) is 2.84. The molecule has 0 spiro atoms. The Kier molecular flexibility index (Phi) is 9.78. The Labute approximate surface area is 136 Å². The first-order valence-electron chi connectivity index (χ1n) is 8.52. The molecule has 1 aromatic carbocycles. The summed E-state index contributed by atoms with van der Waals surface area (Å²) in [5.74, 6) is 0. The van der Waals surface area contributed by atoms with E-state index in [1.165, 1.54) is 56.9 Å². The molecule has 2 atom stereocenters. The maximum absolute atomic E-state index is 6.71. The Bertz CT molecular complexity index is 350. The van der Waals surface area contributed by atoms with Gasteiger partial charge in [-0.25, -0.2) is 0 Å². The Balaban J connectivity index is 2.33. The van der Waals surface area contributed by atoms with Crippen LogP contribution in [0, 0.1) is 0 Å². The lowest BCUT2D eigenvalue weighted by Gasteiger charge is -2.29. The quantitative estimate of drug-likeness (QED) is 0.356. The van der Waals surface area contributed by atoms with E-state index in [4.69, 9.17) is 11.6 Å². The monoisotopic (exact) mass is 309 g/mol. The molecule has 120 valence electrons. The minimum atomic E-state index is 0.0845. The van der Waals surface area contributed by atoms with Crippen LogP contribution in [0.1, 0.15) is 69.2 Å². The number of alkyl halides is 1. The molecule has 0 aliphatic rings. The number of hydrogen-bond donors (Lipinski definition) is 0. The average molecular weight is 310 g/mol. The summed E-state index contributed by atoms with van der Waals surface area (Å²) in [5, 5.41) is 0.0845. The van der Waals surface area contributed by atoms with Crippen LogP contribution < -0.4 is 0 Å². The SMILES string of the molecule is CCCCCCCCCC(C(Cl)c1ccccc1)N(C)C. The average Bonchev–Trinajstić information content (AvgIpc) is 2.50. The van der Waals surface area contributed by atoms with Crippen molar-refractivity contribution in [1.29, 1.82) is 0 Å². The van der Waals surface area contributed by atoms with Gasteiger partial charge in [0.2, 0.25) is 0 Å². The highest BCUT2D eigenvalue weighted by Gasteiger charge is 2.22. The van der Waals surface area contributed by atoms with Gasteiger partial charge in [-0.05, 0) is 26.1 Å². The van der Waals surface area contributed by atoms with Gasteiger partial charge in [-0.1, -0.05) is 82.2 Å². The molecule has 1 aromatic rings. The maximum Gasteiger partial charge on any atom is 0.0740 e. The normalized spacial score (nSPS) is 14.3. The standard InChI is InChI=1S/C19H32ClN/c1-4-5-6-7-8-9-13-16-18(21(2)3)19(20)17-14-11-10-12-15-17/h10-12,14-15,18-19H,4-9,13,16H2,1-3H3. The van der Waals surface area contributed by atoms with Gasteiger partial charge in [-0.15, -0.1) is 11.6 Å². The summed E-state index contributed by atoms with van der Waals surface area (Å²) in [6.07, 6.45) is 10.7. The third kappa shape index (κ3) is 7.33. The first-order valence-corrected chi connectivity index (χ1v) is 8.96. The second kappa shape index (κ2) is 11.1. The third-order valence-corrected chi connectivity index (χ3v) is 4.77. The van der Waals surface area contributed by atoms with Crippen molar-refractivity contribution in [2.24, 2.45) is 0 Å². The molecule has 2 unspecified atom stereocenters. The molecule has 0 heterocycles. The molecule has 21 heavy (non-hydrogen) atoms. The Morgan fingerprint density at radius 2 is 1.48 bits per heavy atom. The molecule has 0 radical (unpaired) electrons. The summed E-state index contributed by atoms with van der Waals surface area (Å²) >= 11 is 6.71. The highest BCUT2D eigenvalue weighted by Crippen LogP contribution is 2.29. The van der Waals surface area contributed by atoms with Crippen molar-refractivity contribution in [2.45, 2.75) is 69.7 Å². The van der Waals surface area contributed by atoms with Crippen molar-refractivity contribution in [3.8, 4) is 0 Å². The van der Waals surface area contributed by atoms with Gasteiger partial charge in [-0.3, -0.25) is 0 Å². The Morgan fingerprint density at radius 3 is 2.05 bits per heavy atom. The maximum atomic E-state index is 6.71. The van der Waals surface area contributed by atoms with Crippen LogP contribution in [0.4, 0.5) is 0 Å². The molecule has 0 fully saturated rings. The number of unbranched alkanes of at least 4 members (excludes halogenated alkanes) is 6. The van der Waals surface area contributed by atoms with Crippen LogP contribution in [0.15, 0.2) is 30.3 Å². The number of benzene rings is 1. The van der Waals surface area contributed by atoms with E-state index < -0.39 is 0 Å². The fraction of sp³-hybridized carbons (Fsp3) is 0.684. The summed E-state index contributed by atoms with van der Waals surface area (Å²) in [4.78, 5) is 2.28. The second-order valence-electron chi connectivity index (χ2n) is 6.25. The van der Waals surface area contributed by atoms with Gasteiger partial charge in [0.25, 0.3) is 0 Å². The van der Waals surface area contributed by atoms with Crippen LogP contribution in [0.25, 0.3) is 0 Å². The van der Waals surface area contributed by atoms with E-state index in [2.05, 4.69) is 50.2 Å². The van der Waals surface area contributed by atoms with Crippen molar-refractivity contribution in [3.63, 3.8) is 0 Å². The van der Waals surface area contributed by atoms with Crippen molar-refractivity contribution in [1.82, 2.24) is 4.90 Å². The summed E-state index contributed by atoms with van der Waals surface area (Å²) in [6, 6.07) is 10.9. The largest absolute Gasteiger partial charge is 0.305 e. The van der Waals surface area contributed by atoms with E-state index in [0.717, 1.165) is 0 Å². The number of nitrogens with zero attached hydrogens (tertiary/aromatic N) is 1. The molecular weight excluding hydrogens is 278 g/mol. The van der Waals surface area contributed by atoms with E-state index in [1.54, 1.807) is 0 Å². The molecule has 0 amide bonds. The first kappa shape index (κ1) is 18.5. The van der Waals surface area contributed by atoms with Gasteiger partial charge in [0.1, 0.15) is 0 Å². The second-order valence-corrected chi connectivity index (χ2v) is 6.72. The third-order valence-electron chi connectivity index (χ3n) is 4.22. The smallest absolute Gasteiger partial charge is 0.0740 e. The lowest BCUT2D eigenvalue weighted by molar-refractivity contribution is 0.263. The molecule has 0 aliphatic carbocycles. The number of halogens is 1. The van der Waals surface area contributed by atoms with E-state index in [0.29, 0.717) is 6.04 Å². The minimum Gasteiger partial charge on any atom is -0.305 e. The van der Waals surface area contributed by atoms with Crippen molar-refractivity contribution in [3.05, 3.63) is 35.9 Å². The van der Waals surface area contributed by atoms with Crippen LogP contribution in [-0.4, -0.2) is 25.0 Å². The topological polar surface area (TPSA) is 3.24 Å². The van der Waals surface area contributed by atoms with Crippen LogP contribution in [0.2, 0.25) is 0 Å². The lowest BCUT2D eigenvalue weighted by atomic mass is 9.98. The summed E-state index contributed by atoms with van der Waals surface area (Å²) in [6.45, 7) is 2.27. The fourth-order valence-corrected chi connectivity index (χ4v) is 3.33. The van der Waals surface area contributed by atoms with Gasteiger partial charge < -0.3 is 4.90 Å². The van der Waals surface area contributed by atoms with E-state index in [9.17, 15) is 0 Å². The molecule has 0 N–H and O–H groups in total. The zero-order chi connectivity index (χ0) is 15.5. The van der Waals surface area contributed by atoms with Crippen LogP contribution in [0.3, 0.4) is 0 Å². The van der Waals surface area contributed by atoms with E-state index in [1.807, 2.05) is 6.07 Å². The molecule has 0 saturated heterocycles. The number of likely N-dealkylation sites (N-methyl/N-ethyl adjacent to an activating group) is 1. The van der Waals surface area contributed by atoms with Crippen molar-refractivity contribution in [2.75, 3.05) is 14.1 Å². The zero-order valence-corrected chi connectivity index (χ0v) is 14.8. The van der Waals surface area contributed by atoms with Gasteiger partial charge in [0.05, 0.1) is 5.38 Å². The van der Waals surface area contributed by atoms with Crippen LogP contribution >= 0.6 is 11.6 Å². The molecule has 1 rings (SSSR count). The lowest BCUT2D eigenvalue weighted by Crippen LogP contribution is -2.31. The predicted octanol–water partition coefficient (Wildman–Crippen LogP) is 6.04. The van der Waals surface area contributed by atoms with Gasteiger partial charge in [0.15, 0.2) is 0 Å². The highest BCUT2D eigenvalue weighted by atomic mass is 35.5. The number of rotatable bonds is 11. The first-order chi connectivity index (χ1) is 10.2.